The van der Waals surface area contributed by atoms with Gasteiger partial charge in [0, 0.05) is 24.0 Å². The zero-order valence-corrected chi connectivity index (χ0v) is 11.1. The van der Waals surface area contributed by atoms with Gasteiger partial charge in [-0.2, -0.15) is 0 Å². The molecule has 0 bridgehead atoms. The van der Waals surface area contributed by atoms with Gasteiger partial charge in [0.05, 0.1) is 0 Å². The van der Waals surface area contributed by atoms with E-state index in [2.05, 4.69) is 4.90 Å². The Hall–Kier alpha value is -0.670. The number of halogens is 3. The van der Waals surface area contributed by atoms with Crippen LogP contribution in [-0.2, 0) is 6.54 Å². The number of hydrogen-bond donors (Lipinski definition) is 0. The summed E-state index contributed by atoms with van der Waals surface area (Å²) in [6, 6.07) is 4.16. The highest BCUT2D eigenvalue weighted by atomic mass is 35.5. The Labute approximate surface area is 112 Å². The van der Waals surface area contributed by atoms with E-state index >= 15 is 0 Å². The van der Waals surface area contributed by atoms with Crippen molar-refractivity contribution >= 4 is 11.6 Å². The summed E-state index contributed by atoms with van der Waals surface area (Å²) in [7, 11) is 0. The molecule has 0 unspecified atom stereocenters. The summed E-state index contributed by atoms with van der Waals surface area (Å²) in [5.74, 6) is -0.0987. The van der Waals surface area contributed by atoms with Crippen LogP contribution in [0.2, 0.25) is 0 Å². The van der Waals surface area contributed by atoms with E-state index in [0.29, 0.717) is 24.0 Å². The molecule has 1 aliphatic carbocycles. The number of nitrogens with zero attached hydrogens (tertiary/aromatic N) is 1. The van der Waals surface area contributed by atoms with Gasteiger partial charge in [0.15, 0.2) is 0 Å². The Morgan fingerprint density at radius 3 is 2.67 bits per heavy atom. The van der Waals surface area contributed by atoms with Crippen LogP contribution >= 0.6 is 11.6 Å². The third kappa shape index (κ3) is 3.42. The van der Waals surface area contributed by atoms with Crippen molar-refractivity contribution < 1.29 is 8.78 Å². The monoisotopic (exact) mass is 273 g/mol. The minimum Gasteiger partial charge on any atom is -0.296 e. The number of benzene rings is 1. The van der Waals surface area contributed by atoms with E-state index < -0.39 is 0 Å². The summed E-state index contributed by atoms with van der Waals surface area (Å²) in [5, 5.41) is 0. The molecule has 1 saturated carbocycles. The molecule has 0 N–H and O–H groups in total. The zero-order valence-electron chi connectivity index (χ0n) is 10.3. The molecule has 0 spiro atoms. The summed E-state index contributed by atoms with van der Waals surface area (Å²) in [6.45, 7) is 1.33. The molecule has 0 aromatic heterocycles. The van der Waals surface area contributed by atoms with Gasteiger partial charge in [-0.05, 0) is 44.0 Å². The molecule has 0 radical (unpaired) electrons. The second-order valence-corrected chi connectivity index (χ2v) is 5.21. The molecule has 0 atom stereocenters. The highest BCUT2D eigenvalue weighted by Gasteiger charge is 2.25. The highest BCUT2D eigenvalue weighted by molar-refractivity contribution is 6.17. The van der Waals surface area contributed by atoms with E-state index in [9.17, 15) is 8.78 Å². The maximum Gasteiger partial charge on any atom is 0.127 e. The van der Waals surface area contributed by atoms with Gasteiger partial charge in [-0.25, -0.2) is 8.78 Å². The predicted octanol–water partition coefficient (Wildman–Crippen LogP) is 3.95. The Morgan fingerprint density at radius 1 is 1.28 bits per heavy atom. The second kappa shape index (κ2) is 6.48. The average molecular weight is 274 g/mol. The third-order valence-electron chi connectivity index (χ3n) is 3.55. The van der Waals surface area contributed by atoms with E-state index in [0.717, 1.165) is 31.9 Å². The van der Waals surface area contributed by atoms with Gasteiger partial charge in [-0.3, -0.25) is 4.90 Å². The van der Waals surface area contributed by atoms with E-state index in [4.69, 9.17) is 11.6 Å². The molecule has 4 heteroatoms. The molecule has 0 amide bonds. The first-order chi connectivity index (χ1) is 8.70. The van der Waals surface area contributed by atoms with Crippen LogP contribution in [0.25, 0.3) is 0 Å². The summed E-state index contributed by atoms with van der Waals surface area (Å²) < 4.78 is 26.8. The quantitative estimate of drug-likeness (QED) is 0.710. The Bertz CT molecular complexity index is 393. The molecule has 1 aromatic rings. The number of alkyl halides is 1. The van der Waals surface area contributed by atoms with Gasteiger partial charge in [0.2, 0.25) is 0 Å². The van der Waals surface area contributed by atoms with Crippen molar-refractivity contribution in [1.29, 1.82) is 0 Å². The third-order valence-corrected chi connectivity index (χ3v) is 3.82. The van der Waals surface area contributed by atoms with E-state index in [-0.39, 0.29) is 11.6 Å². The molecule has 1 nitrogen and oxygen atoms in total. The smallest absolute Gasteiger partial charge is 0.127 e. The van der Waals surface area contributed by atoms with Gasteiger partial charge in [0.25, 0.3) is 0 Å². The molecule has 18 heavy (non-hydrogen) atoms. The minimum absolute atomic E-state index is 0.327. The van der Waals surface area contributed by atoms with Crippen molar-refractivity contribution in [2.24, 2.45) is 0 Å². The topological polar surface area (TPSA) is 3.24 Å². The average Bonchev–Trinajstić information content (AvgIpc) is 2.28. The SMILES string of the molecule is Fc1ccc(F)c(CN(CCCCl)C2CCC2)c1. The lowest BCUT2D eigenvalue weighted by Crippen LogP contribution is -2.40. The van der Waals surface area contributed by atoms with Crippen LogP contribution in [0.15, 0.2) is 18.2 Å². The van der Waals surface area contributed by atoms with Crippen LogP contribution in [0.5, 0.6) is 0 Å². The van der Waals surface area contributed by atoms with Crippen molar-refractivity contribution in [3.05, 3.63) is 35.4 Å². The van der Waals surface area contributed by atoms with E-state index in [1.54, 1.807) is 0 Å². The molecule has 0 aliphatic heterocycles. The second-order valence-electron chi connectivity index (χ2n) is 4.83. The molecule has 1 fully saturated rings. The zero-order chi connectivity index (χ0) is 13.0. The largest absolute Gasteiger partial charge is 0.296 e. The minimum atomic E-state index is -0.377. The maximum absolute atomic E-state index is 13.6. The lowest BCUT2D eigenvalue weighted by Gasteiger charge is -2.37. The van der Waals surface area contributed by atoms with Gasteiger partial charge >= 0.3 is 0 Å². The van der Waals surface area contributed by atoms with Gasteiger partial charge in [-0.1, -0.05) is 6.42 Å². The molecule has 0 heterocycles. The van der Waals surface area contributed by atoms with Crippen molar-refractivity contribution in [1.82, 2.24) is 4.90 Å². The molecule has 2 rings (SSSR count). The Morgan fingerprint density at radius 2 is 2.06 bits per heavy atom. The normalized spacial score (nSPS) is 16.0. The van der Waals surface area contributed by atoms with Crippen LogP contribution in [0.1, 0.15) is 31.2 Å². The summed E-state index contributed by atoms with van der Waals surface area (Å²) in [6.07, 6.45) is 4.42. The van der Waals surface area contributed by atoms with Crippen molar-refractivity contribution in [3.63, 3.8) is 0 Å². The Kier molecular flexibility index (Phi) is 4.95. The van der Waals surface area contributed by atoms with Crippen LogP contribution < -0.4 is 0 Å². The van der Waals surface area contributed by atoms with Crippen molar-refractivity contribution in [3.8, 4) is 0 Å². The van der Waals surface area contributed by atoms with E-state index in [1.165, 1.54) is 18.6 Å². The van der Waals surface area contributed by atoms with Crippen LogP contribution in [0.4, 0.5) is 8.78 Å². The van der Waals surface area contributed by atoms with Crippen LogP contribution in [-0.4, -0.2) is 23.4 Å². The van der Waals surface area contributed by atoms with Gasteiger partial charge in [-0.15, -0.1) is 11.6 Å². The van der Waals surface area contributed by atoms with Gasteiger partial charge < -0.3 is 0 Å². The van der Waals surface area contributed by atoms with Crippen LogP contribution in [0, 0.1) is 11.6 Å². The molecule has 0 saturated heterocycles. The molecular formula is C14H18ClF2N. The highest BCUT2D eigenvalue weighted by Crippen LogP contribution is 2.27. The predicted molar refractivity (Wildman–Crippen MR) is 69.7 cm³/mol. The summed E-state index contributed by atoms with van der Waals surface area (Å²) in [4.78, 5) is 2.23. The first-order valence-electron chi connectivity index (χ1n) is 6.44. The van der Waals surface area contributed by atoms with Gasteiger partial charge in [0.1, 0.15) is 11.6 Å². The maximum atomic E-state index is 13.6. The lowest BCUT2D eigenvalue weighted by atomic mass is 9.91. The fraction of sp³-hybridized carbons (Fsp3) is 0.571. The Balaban J connectivity index is 2.04. The number of hydrogen-bond acceptors (Lipinski definition) is 1. The lowest BCUT2D eigenvalue weighted by molar-refractivity contribution is 0.118. The molecular weight excluding hydrogens is 256 g/mol. The van der Waals surface area contributed by atoms with Crippen molar-refractivity contribution in [2.75, 3.05) is 12.4 Å². The fourth-order valence-corrected chi connectivity index (χ4v) is 2.41. The fourth-order valence-electron chi connectivity index (χ4n) is 2.29. The number of rotatable bonds is 6. The van der Waals surface area contributed by atoms with Crippen LogP contribution in [0.3, 0.4) is 0 Å². The molecule has 100 valence electrons. The first-order valence-corrected chi connectivity index (χ1v) is 6.98. The first kappa shape index (κ1) is 13.8. The molecule has 1 aromatic carbocycles. The summed E-state index contributed by atoms with van der Waals surface area (Å²) >= 11 is 5.71. The van der Waals surface area contributed by atoms with E-state index in [1.807, 2.05) is 0 Å². The molecule has 1 aliphatic rings. The van der Waals surface area contributed by atoms with Crippen molar-refractivity contribution in [2.45, 2.75) is 38.3 Å². The standard InChI is InChI=1S/C14H18ClF2N/c15-7-2-8-18(13-3-1-4-13)10-11-9-12(16)5-6-14(11)17/h5-6,9,13H,1-4,7-8,10H2. The summed E-state index contributed by atoms with van der Waals surface area (Å²) in [5.41, 5.74) is 0.441.